The Balaban J connectivity index is 1.76. The average molecular weight is 353 g/mol. The Morgan fingerprint density at radius 1 is 1.19 bits per heavy atom. The van der Waals surface area contributed by atoms with Gasteiger partial charge in [-0.05, 0) is 56.1 Å². The van der Waals surface area contributed by atoms with E-state index >= 15 is 0 Å². The summed E-state index contributed by atoms with van der Waals surface area (Å²) in [6, 6.07) is 12.4. The Kier molecular flexibility index (Phi) is 5.78. The fourth-order valence-electron chi connectivity index (χ4n) is 3.48. The van der Waals surface area contributed by atoms with Crippen LogP contribution in [0.4, 0.5) is 11.4 Å². The van der Waals surface area contributed by atoms with Crippen LogP contribution in [0.1, 0.15) is 42.1 Å². The monoisotopic (exact) mass is 353 g/mol. The van der Waals surface area contributed by atoms with Gasteiger partial charge in [0.1, 0.15) is 11.9 Å². The SMILES string of the molecule is CCC(Oc1cccc(C(=O)c2ccc(N)c(N)c2)c1)C1CCCNC1. The molecule has 0 bridgehead atoms. The lowest BCUT2D eigenvalue weighted by Gasteiger charge is -2.30. The second kappa shape index (κ2) is 8.23. The largest absolute Gasteiger partial charge is 0.490 e. The lowest BCUT2D eigenvalue weighted by atomic mass is 9.92. The van der Waals surface area contributed by atoms with E-state index in [2.05, 4.69) is 12.2 Å². The third kappa shape index (κ3) is 4.17. The van der Waals surface area contributed by atoms with Crippen LogP contribution in [0.2, 0.25) is 0 Å². The highest BCUT2D eigenvalue weighted by molar-refractivity contribution is 6.10. The Bertz CT molecular complexity index is 770. The van der Waals surface area contributed by atoms with Crippen LogP contribution in [0, 0.1) is 5.92 Å². The minimum atomic E-state index is -0.0884. The van der Waals surface area contributed by atoms with Crippen molar-refractivity contribution in [1.29, 1.82) is 0 Å². The van der Waals surface area contributed by atoms with E-state index in [0.29, 0.717) is 28.4 Å². The van der Waals surface area contributed by atoms with Crippen LogP contribution >= 0.6 is 0 Å². The van der Waals surface area contributed by atoms with Gasteiger partial charge in [-0.2, -0.15) is 0 Å². The van der Waals surface area contributed by atoms with Crippen molar-refractivity contribution in [1.82, 2.24) is 5.32 Å². The summed E-state index contributed by atoms with van der Waals surface area (Å²) in [6.07, 6.45) is 3.45. The number of ether oxygens (including phenoxy) is 1. The van der Waals surface area contributed by atoms with Crippen LogP contribution in [0.15, 0.2) is 42.5 Å². The summed E-state index contributed by atoms with van der Waals surface area (Å²) >= 11 is 0. The molecule has 0 amide bonds. The molecule has 138 valence electrons. The number of rotatable bonds is 6. The number of carbonyl (C=O) groups excluding carboxylic acids is 1. The number of hydrogen-bond donors (Lipinski definition) is 3. The molecule has 1 aliphatic rings. The minimum Gasteiger partial charge on any atom is -0.490 e. The molecule has 1 heterocycles. The predicted octanol–water partition coefficient (Wildman–Crippen LogP) is 3.24. The van der Waals surface area contributed by atoms with E-state index in [1.54, 1.807) is 24.3 Å². The van der Waals surface area contributed by atoms with Crippen LogP contribution in [-0.2, 0) is 0 Å². The van der Waals surface area contributed by atoms with Crippen LogP contribution in [0.5, 0.6) is 5.75 Å². The molecule has 5 heteroatoms. The Labute approximate surface area is 154 Å². The Morgan fingerprint density at radius 2 is 2.00 bits per heavy atom. The molecule has 2 atom stereocenters. The molecule has 0 aromatic heterocycles. The fraction of sp³-hybridized carbons (Fsp3) is 0.381. The minimum absolute atomic E-state index is 0.0884. The lowest BCUT2D eigenvalue weighted by molar-refractivity contribution is 0.103. The Morgan fingerprint density at radius 3 is 2.69 bits per heavy atom. The smallest absolute Gasteiger partial charge is 0.193 e. The number of ketones is 1. The van der Waals surface area contributed by atoms with Crippen molar-refractivity contribution in [3.63, 3.8) is 0 Å². The highest BCUT2D eigenvalue weighted by Gasteiger charge is 2.24. The first kappa shape index (κ1) is 18.3. The lowest BCUT2D eigenvalue weighted by Crippen LogP contribution is -2.39. The zero-order valence-electron chi connectivity index (χ0n) is 15.2. The molecule has 0 spiro atoms. The summed E-state index contributed by atoms with van der Waals surface area (Å²) < 4.78 is 6.24. The number of nitrogen functional groups attached to an aromatic ring is 2. The van der Waals surface area contributed by atoms with Crippen LogP contribution in [-0.4, -0.2) is 25.0 Å². The first-order chi connectivity index (χ1) is 12.6. The van der Waals surface area contributed by atoms with Gasteiger partial charge in [-0.3, -0.25) is 4.79 Å². The van der Waals surface area contributed by atoms with Gasteiger partial charge < -0.3 is 21.5 Å². The molecule has 3 rings (SSSR count). The molecule has 5 N–H and O–H groups in total. The Hall–Kier alpha value is -2.53. The van der Waals surface area contributed by atoms with Gasteiger partial charge in [0.25, 0.3) is 0 Å². The van der Waals surface area contributed by atoms with Gasteiger partial charge in [0.05, 0.1) is 11.4 Å². The molecule has 1 saturated heterocycles. The summed E-state index contributed by atoms with van der Waals surface area (Å²) in [5, 5.41) is 3.44. The van der Waals surface area contributed by atoms with Crippen molar-refractivity contribution in [3.8, 4) is 5.75 Å². The highest BCUT2D eigenvalue weighted by atomic mass is 16.5. The molecule has 1 fully saturated rings. The van der Waals surface area contributed by atoms with E-state index in [4.69, 9.17) is 16.2 Å². The highest BCUT2D eigenvalue weighted by Crippen LogP contribution is 2.25. The van der Waals surface area contributed by atoms with Gasteiger partial charge in [0.15, 0.2) is 5.78 Å². The van der Waals surface area contributed by atoms with Crippen molar-refractivity contribution in [2.75, 3.05) is 24.6 Å². The summed E-state index contributed by atoms with van der Waals surface area (Å²) in [5.74, 6) is 1.15. The molecule has 26 heavy (non-hydrogen) atoms. The molecular formula is C21H27N3O2. The molecule has 1 aliphatic heterocycles. The van der Waals surface area contributed by atoms with Crippen LogP contribution in [0.3, 0.4) is 0 Å². The normalized spacial score (nSPS) is 18.3. The second-order valence-electron chi connectivity index (χ2n) is 6.87. The fourth-order valence-corrected chi connectivity index (χ4v) is 3.48. The van der Waals surface area contributed by atoms with E-state index in [-0.39, 0.29) is 11.9 Å². The van der Waals surface area contributed by atoms with E-state index in [1.807, 2.05) is 18.2 Å². The molecule has 2 aromatic rings. The zero-order chi connectivity index (χ0) is 18.5. The van der Waals surface area contributed by atoms with E-state index in [0.717, 1.165) is 25.3 Å². The molecule has 5 nitrogen and oxygen atoms in total. The third-order valence-corrected chi connectivity index (χ3v) is 5.00. The van der Waals surface area contributed by atoms with Gasteiger partial charge in [0.2, 0.25) is 0 Å². The first-order valence-electron chi connectivity index (χ1n) is 9.25. The second-order valence-corrected chi connectivity index (χ2v) is 6.87. The van der Waals surface area contributed by atoms with Crippen molar-refractivity contribution in [2.45, 2.75) is 32.3 Å². The number of nitrogens with two attached hydrogens (primary N) is 2. The molecule has 0 radical (unpaired) electrons. The summed E-state index contributed by atoms with van der Waals surface area (Å²) in [6.45, 7) is 4.22. The van der Waals surface area contributed by atoms with Gasteiger partial charge >= 0.3 is 0 Å². The maximum absolute atomic E-state index is 12.8. The van der Waals surface area contributed by atoms with Crippen LogP contribution in [0.25, 0.3) is 0 Å². The van der Waals surface area contributed by atoms with Gasteiger partial charge in [-0.15, -0.1) is 0 Å². The van der Waals surface area contributed by atoms with E-state index in [9.17, 15) is 4.79 Å². The summed E-state index contributed by atoms with van der Waals surface area (Å²) in [5.41, 5.74) is 13.6. The maximum atomic E-state index is 12.8. The van der Waals surface area contributed by atoms with Crippen LogP contribution < -0.4 is 21.5 Å². The van der Waals surface area contributed by atoms with Gasteiger partial charge in [0, 0.05) is 23.6 Å². The summed E-state index contributed by atoms with van der Waals surface area (Å²) in [7, 11) is 0. The number of benzene rings is 2. The van der Waals surface area contributed by atoms with E-state index in [1.165, 1.54) is 12.8 Å². The average Bonchev–Trinajstić information content (AvgIpc) is 2.68. The van der Waals surface area contributed by atoms with Gasteiger partial charge in [-0.1, -0.05) is 19.1 Å². The standard InChI is InChI=1S/C21H27N3O2/c1-2-20(16-6-4-10-24-13-16)26-17-7-3-5-14(11-17)21(25)15-8-9-18(22)19(23)12-15/h3,5,7-9,11-12,16,20,24H,2,4,6,10,13,22-23H2,1H3. The number of carbonyl (C=O) groups is 1. The van der Waals surface area contributed by atoms with Crippen molar-refractivity contribution in [3.05, 3.63) is 53.6 Å². The number of hydrogen-bond acceptors (Lipinski definition) is 5. The number of piperidine rings is 1. The van der Waals surface area contributed by atoms with Crippen molar-refractivity contribution < 1.29 is 9.53 Å². The molecule has 0 saturated carbocycles. The van der Waals surface area contributed by atoms with Crippen molar-refractivity contribution in [2.24, 2.45) is 5.92 Å². The van der Waals surface area contributed by atoms with Gasteiger partial charge in [-0.25, -0.2) is 0 Å². The zero-order valence-corrected chi connectivity index (χ0v) is 15.2. The maximum Gasteiger partial charge on any atom is 0.193 e. The third-order valence-electron chi connectivity index (χ3n) is 5.00. The molecule has 2 aromatic carbocycles. The topological polar surface area (TPSA) is 90.4 Å². The van der Waals surface area contributed by atoms with Crippen molar-refractivity contribution >= 4 is 17.2 Å². The predicted molar refractivity (Wildman–Crippen MR) is 105 cm³/mol. The number of nitrogens with one attached hydrogen (secondary N) is 1. The molecule has 2 unspecified atom stereocenters. The quantitative estimate of drug-likeness (QED) is 0.548. The molecule has 0 aliphatic carbocycles. The molecular weight excluding hydrogens is 326 g/mol. The number of anilines is 2. The first-order valence-corrected chi connectivity index (χ1v) is 9.25. The summed E-state index contributed by atoms with van der Waals surface area (Å²) in [4.78, 5) is 12.8. The van der Waals surface area contributed by atoms with E-state index < -0.39 is 0 Å².